The number of nitrogens with zero attached hydrogens (tertiary/aromatic N) is 2. The molecule has 2 heterocycles. The first kappa shape index (κ1) is 21.6. The van der Waals surface area contributed by atoms with Gasteiger partial charge in [0.2, 0.25) is 5.91 Å². The Kier molecular flexibility index (Phi) is 6.73. The van der Waals surface area contributed by atoms with Crippen LogP contribution in [0.1, 0.15) is 29.9 Å². The van der Waals surface area contributed by atoms with Crippen molar-refractivity contribution in [3.05, 3.63) is 70.6 Å². The molecule has 2 aliphatic heterocycles. The van der Waals surface area contributed by atoms with Crippen LogP contribution in [0.15, 0.2) is 59.5 Å². The fourth-order valence-corrected chi connectivity index (χ4v) is 5.27. The van der Waals surface area contributed by atoms with Gasteiger partial charge in [-0.1, -0.05) is 72.5 Å². The molecule has 0 aromatic heterocycles. The third-order valence-corrected chi connectivity index (χ3v) is 7.04. The Morgan fingerprint density at radius 1 is 1.19 bits per heavy atom. The molecular weight excluding hydrogens is 428 g/mol. The van der Waals surface area contributed by atoms with Gasteiger partial charge in [0, 0.05) is 37.5 Å². The fourth-order valence-electron chi connectivity index (χ4n) is 3.97. The molecule has 4 rings (SSSR count). The first-order valence-electron chi connectivity index (χ1n) is 10.3. The second kappa shape index (κ2) is 9.66. The predicted molar refractivity (Wildman–Crippen MR) is 128 cm³/mol. The average Bonchev–Trinajstić information content (AvgIpc) is 3.39. The van der Waals surface area contributed by atoms with E-state index in [-0.39, 0.29) is 18.2 Å². The summed E-state index contributed by atoms with van der Waals surface area (Å²) < 4.78 is 5.85. The molecule has 1 atom stereocenters. The average molecular weight is 453 g/mol. The molecular formula is C24H24N2O3S2. The second-order valence-electron chi connectivity index (χ2n) is 7.56. The van der Waals surface area contributed by atoms with Crippen LogP contribution < -0.4 is 4.74 Å². The lowest BCUT2D eigenvalue weighted by Gasteiger charge is -2.19. The van der Waals surface area contributed by atoms with Gasteiger partial charge in [-0.25, -0.2) is 0 Å². The molecule has 0 radical (unpaired) electrons. The number of para-hydroxylation sites is 1. The van der Waals surface area contributed by atoms with Crippen molar-refractivity contribution in [3.63, 3.8) is 0 Å². The van der Waals surface area contributed by atoms with E-state index in [1.807, 2.05) is 47.4 Å². The van der Waals surface area contributed by atoms with Gasteiger partial charge in [-0.2, -0.15) is 0 Å². The minimum atomic E-state index is -0.155. The summed E-state index contributed by atoms with van der Waals surface area (Å²) in [6, 6.07) is 17.8. The summed E-state index contributed by atoms with van der Waals surface area (Å²) in [5.74, 6) is 0.994. The topological polar surface area (TPSA) is 49.9 Å². The molecule has 31 heavy (non-hydrogen) atoms. The van der Waals surface area contributed by atoms with E-state index in [2.05, 4.69) is 12.1 Å². The second-order valence-corrected chi connectivity index (χ2v) is 9.24. The molecule has 2 aliphatic rings. The van der Waals surface area contributed by atoms with Crippen molar-refractivity contribution in [2.75, 3.05) is 26.7 Å². The van der Waals surface area contributed by atoms with Crippen LogP contribution in [0.3, 0.4) is 0 Å². The van der Waals surface area contributed by atoms with Crippen molar-refractivity contribution in [2.45, 2.75) is 18.8 Å². The quantitative estimate of drug-likeness (QED) is 0.483. The minimum Gasteiger partial charge on any atom is -0.496 e. The van der Waals surface area contributed by atoms with Gasteiger partial charge in [-0.15, -0.1) is 0 Å². The lowest BCUT2D eigenvalue weighted by molar-refractivity contribution is -0.130. The summed E-state index contributed by atoms with van der Waals surface area (Å²) in [5.41, 5.74) is 2.10. The van der Waals surface area contributed by atoms with Crippen LogP contribution in [0, 0.1) is 0 Å². The first-order chi connectivity index (χ1) is 15.1. The molecule has 2 saturated heterocycles. The molecule has 2 fully saturated rings. The number of benzene rings is 2. The van der Waals surface area contributed by atoms with Gasteiger partial charge in [0.25, 0.3) is 5.91 Å². The maximum Gasteiger partial charge on any atom is 0.266 e. The Balaban J connectivity index is 1.35. The van der Waals surface area contributed by atoms with Crippen LogP contribution in [0.5, 0.6) is 5.75 Å². The van der Waals surface area contributed by atoms with E-state index in [0.717, 1.165) is 25.1 Å². The molecule has 2 aromatic rings. The molecule has 0 bridgehead atoms. The third kappa shape index (κ3) is 4.83. The number of likely N-dealkylation sites (tertiary alicyclic amines) is 1. The van der Waals surface area contributed by atoms with Gasteiger partial charge in [0.1, 0.15) is 10.1 Å². The number of thiocarbonyl (C=S) groups is 1. The largest absolute Gasteiger partial charge is 0.496 e. The molecule has 0 unspecified atom stereocenters. The number of hydrogen-bond acceptors (Lipinski definition) is 5. The van der Waals surface area contributed by atoms with Crippen molar-refractivity contribution in [3.8, 4) is 5.75 Å². The van der Waals surface area contributed by atoms with Crippen LogP contribution in [-0.2, 0) is 9.59 Å². The zero-order chi connectivity index (χ0) is 21.8. The molecule has 0 N–H and O–H groups in total. The van der Waals surface area contributed by atoms with Crippen LogP contribution in [-0.4, -0.2) is 52.7 Å². The van der Waals surface area contributed by atoms with Gasteiger partial charge in [-0.05, 0) is 24.1 Å². The van der Waals surface area contributed by atoms with E-state index in [9.17, 15) is 9.59 Å². The lowest BCUT2D eigenvalue weighted by Crippen LogP contribution is -2.35. The smallest absolute Gasteiger partial charge is 0.266 e. The highest BCUT2D eigenvalue weighted by molar-refractivity contribution is 8.26. The third-order valence-electron chi connectivity index (χ3n) is 5.66. The Labute approximate surface area is 192 Å². The van der Waals surface area contributed by atoms with Crippen molar-refractivity contribution in [2.24, 2.45) is 0 Å². The zero-order valence-corrected chi connectivity index (χ0v) is 19.0. The number of thioether (sulfide) groups is 1. The highest BCUT2D eigenvalue weighted by Gasteiger charge is 2.33. The molecule has 0 aliphatic carbocycles. The number of methoxy groups -OCH3 is 1. The Hall–Kier alpha value is -2.64. The Morgan fingerprint density at radius 3 is 2.71 bits per heavy atom. The molecule has 2 aromatic carbocycles. The van der Waals surface area contributed by atoms with E-state index in [4.69, 9.17) is 17.0 Å². The van der Waals surface area contributed by atoms with Crippen molar-refractivity contribution in [1.82, 2.24) is 9.80 Å². The SMILES string of the molecule is COc1ccccc1/C=C1\SC(=S)N(CCC(=O)N2CC[C@H](c3ccccc3)C2)C1=O. The Morgan fingerprint density at radius 2 is 1.94 bits per heavy atom. The van der Waals surface area contributed by atoms with Gasteiger partial charge < -0.3 is 9.64 Å². The maximum absolute atomic E-state index is 12.9. The van der Waals surface area contributed by atoms with E-state index >= 15 is 0 Å². The molecule has 7 heteroatoms. The highest BCUT2D eigenvalue weighted by atomic mass is 32.2. The van der Waals surface area contributed by atoms with Crippen LogP contribution in [0.2, 0.25) is 0 Å². The van der Waals surface area contributed by atoms with Gasteiger partial charge in [0.15, 0.2) is 0 Å². The fraction of sp³-hybridized carbons (Fsp3) is 0.292. The predicted octanol–water partition coefficient (Wildman–Crippen LogP) is 4.30. The van der Waals surface area contributed by atoms with E-state index in [1.165, 1.54) is 22.2 Å². The molecule has 5 nitrogen and oxygen atoms in total. The van der Waals surface area contributed by atoms with Crippen molar-refractivity contribution >= 4 is 46.2 Å². The first-order valence-corrected chi connectivity index (χ1v) is 11.5. The molecule has 0 spiro atoms. The number of rotatable bonds is 6. The minimum absolute atomic E-state index is 0.0705. The maximum atomic E-state index is 12.9. The van der Waals surface area contributed by atoms with E-state index in [0.29, 0.717) is 27.4 Å². The normalized spacial score (nSPS) is 20.0. The standard InChI is InChI=1S/C24H24N2O3S2/c1-29-20-10-6-5-9-18(20)15-21-23(28)26(24(30)31-21)14-12-22(27)25-13-11-19(16-25)17-7-3-2-4-8-17/h2-10,15,19H,11-14,16H2,1H3/b21-15-/t19-/m0/s1. The summed E-state index contributed by atoms with van der Waals surface area (Å²) in [4.78, 5) is 29.6. The highest BCUT2D eigenvalue weighted by Crippen LogP contribution is 2.34. The number of carbonyl (C=O) groups excluding carboxylic acids is 2. The number of ether oxygens (including phenoxy) is 1. The summed E-state index contributed by atoms with van der Waals surface area (Å²) in [7, 11) is 1.60. The van der Waals surface area contributed by atoms with Gasteiger partial charge in [-0.3, -0.25) is 14.5 Å². The summed E-state index contributed by atoms with van der Waals surface area (Å²) in [6.45, 7) is 1.79. The van der Waals surface area contributed by atoms with Gasteiger partial charge >= 0.3 is 0 Å². The zero-order valence-electron chi connectivity index (χ0n) is 17.3. The monoisotopic (exact) mass is 452 g/mol. The number of hydrogen-bond donors (Lipinski definition) is 0. The van der Waals surface area contributed by atoms with E-state index in [1.54, 1.807) is 13.2 Å². The van der Waals surface area contributed by atoms with E-state index < -0.39 is 0 Å². The van der Waals surface area contributed by atoms with Crippen LogP contribution in [0.25, 0.3) is 6.08 Å². The summed E-state index contributed by atoms with van der Waals surface area (Å²) >= 11 is 6.68. The van der Waals surface area contributed by atoms with Crippen LogP contribution in [0.4, 0.5) is 0 Å². The Bertz CT molecular complexity index is 1020. The molecule has 2 amide bonds. The summed E-state index contributed by atoms with van der Waals surface area (Å²) in [6.07, 6.45) is 3.04. The summed E-state index contributed by atoms with van der Waals surface area (Å²) in [5, 5.41) is 0. The number of carbonyl (C=O) groups is 2. The number of amides is 2. The van der Waals surface area contributed by atoms with Crippen molar-refractivity contribution < 1.29 is 14.3 Å². The lowest BCUT2D eigenvalue weighted by atomic mass is 9.99. The molecule has 160 valence electrons. The van der Waals surface area contributed by atoms with Crippen LogP contribution >= 0.6 is 24.0 Å². The van der Waals surface area contributed by atoms with Gasteiger partial charge in [0.05, 0.1) is 12.0 Å². The molecule has 0 saturated carbocycles. The van der Waals surface area contributed by atoms with Crippen molar-refractivity contribution in [1.29, 1.82) is 0 Å².